The number of aliphatic hydroxyl groups is 12. The number of ether oxygens (including phenoxy) is 8. The van der Waals surface area contributed by atoms with Crippen LogP contribution in [0.25, 0.3) is 0 Å². The van der Waals surface area contributed by atoms with Crippen LogP contribution in [-0.2, 0) is 42.7 Å². The number of carboxylic acid groups (broad SMARTS) is 1. The smallest absolute Gasteiger partial charge is 0.335 e. The first-order chi connectivity index (χ1) is 35.0. The van der Waals surface area contributed by atoms with E-state index in [4.69, 9.17) is 37.9 Å². The highest BCUT2D eigenvalue weighted by atomic mass is 16.8. The Morgan fingerprint density at radius 3 is 1.88 bits per heavy atom. The first kappa shape index (κ1) is 58.1. The molecule has 5 aliphatic carbocycles. The topological polar surface area (TPSA) is 354 Å². The van der Waals surface area contributed by atoms with E-state index in [-0.39, 0.29) is 52.6 Å². The number of rotatable bonds is 11. The van der Waals surface area contributed by atoms with Crippen LogP contribution in [0.3, 0.4) is 0 Å². The molecule has 9 aliphatic rings. The van der Waals surface area contributed by atoms with Crippen LogP contribution in [0, 0.1) is 50.2 Å². The predicted octanol–water partition coefficient (Wildman–Crippen LogP) is -0.832. The molecule has 4 heterocycles. The summed E-state index contributed by atoms with van der Waals surface area (Å²) in [5, 5.41) is 139. The lowest BCUT2D eigenvalue weighted by Gasteiger charge is -2.72. The molecule has 22 nitrogen and oxygen atoms in total. The zero-order chi connectivity index (χ0) is 54.9. The van der Waals surface area contributed by atoms with Gasteiger partial charge in [-0.2, -0.15) is 0 Å². The lowest BCUT2D eigenvalue weighted by molar-refractivity contribution is -0.375. The molecule has 0 aromatic rings. The molecule has 0 unspecified atom stereocenters. The van der Waals surface area contributed by atoms with Crippen molar-refractivity contribution in [2.75, 3.05) is 19.8 Å². The number of carbonyl (C=O) groups is 1. The summed E-state index contributed by atoms with van der Waals surface area (Å²) in [6, 6.07) is 0. The van der Waals surface area contributed by atoms with Crippen molar-refractivity contribution in [2.24, 2.45) is 50.2 Å². The highest BCUT2D eigenvalue weighted by Crippen LogP contribution is 2.76. The largest absolute Gasteiger partial charge is 0.479 e. The molecule has 9 rings (SSSR count). The van der Waals surface area contributed by atoms with Crippen molar-refractivity contribution in [3.05, 3.63) is 11.6 Å². The zero-order valence-electron chi connectivity index (χ0n) is 44.4. The molecule has 0 amide bonds. The molecule has 4 saturated carbocycles. The number of aliphatic hydroxyl groups excluding tert-OH is 12. The maximum Gasteiger partial charge on any atom is 0.335 e. The highest BCUT2D eigenvalue weighted by Gasteiger charge is 2.70. The Hall–Kier alpha value is -1.59. The molecule has 4 aliphatic heterocycles. The van der Waals surface area contributed by atoms with Gasteiger partial charge in [-0.15, -0.1) is 0 Å². The van der Waals surface area contributed by atoms with E-state index in [9.17, 15) is 71.2 Å². The van der Waals surface area contributed by atoms with Gasteiger partial charge in [0, 0.05) is 10.8 Å². The number of carboxylic acids is 1. The second kappa shape index (κ2) is 20.7. The highest BCUT2D eigenvalue weighted by molar-refractivity contribution is 5.73. The number of aliphatic carboxylic acids is 1. The van der Waals surface area contributed by atoms with Gasteiger partial charge in [-0.3, -0.25) is 0 Å². The Kier molecular flexibility index (Phi) is 16.1. The van der Waals surface area contributed by atoms with Crippen LogP contribution in [0.5, 0.6) is 0 Å². The van der Waals surface area contributed by atoms with Crippen LogP contribution in [0.2, 0.25) is 0 Å². The monoisotopic (exact) mass is 1070 g/mol. The number of allylic oxidation sites excluding steroid dienone is 2. The van der Waals surface area contributed by atoms with Crippen LogP contribution in [0.1, 0.15) is 113 Å². The third-order valence-electron chi connectivity index (χ3n) is 21.2. The van der Waals surface area contributed by atoms with Gasteiger partial charge >= 0.3 is 5.97 Å². The number of hydrogen-bond acceptors (Lipinski definition) is 21. The van der Waals surface area contributed by atoms with E-state index in [2.05, 4.69) is 47.6 Å². The van der Waals surface area contributed by atoms with Crippen molar-refractivity contribution in [2.45, 2.75) is 242 Å². The fourth-order valence-corrected chi connectivity index (χ4v) is 16.3. The normalized spacial score (nSPS) is 55.9. The Labute approximate surface area is 437 Å². The zero-order valence-corrected chi connectivity index (χ0v) is 44.4. The Morgan fingerprint density at radius 1 is 0.613 bits per heavy atom. The Bertz CT molecular complexity index is 2080. The van der Waals surface area contributed by atoms with Crippen LogP contribution in [-0.4, -0.2) is 221 Å². The van der Waals surface area contributed by atoms with Crippen LogP contribution >= 0.6 is 0 Å². The maximum absolute atomic E-state index is 12.4. The van der Waals surface area contributed by atoms with Crippen molar-refractivity contribution in [1.29, 1.82) is 0 Å². The second-order valence-electron chi connectivity index (χ2n) is 26.0. The molecule has 0 bridgehead atoms. The third-order valence-corrected chi connectivity index (χ3v) is 21.2. The van der Waals surface area contributed by atoms with E-state index in [1.807, 2.05) is 6.92 Å². The van der Waals surface area contributed by atoms with E-state index in [0.717, 1.165) is 32.1 Å². The molecule has 0 aromatic heterocycles. The molecule has 8 fully saturated rings. The lowest BCUT2D eigenvalue weighted by atomic mass is 9.33. The van der Waals surface area contributed by atoms with E-state index < -0.39 is 152 Å². The molecule has 22 heteroatoms. The minimum absolute atomic E-state index is 0.0803. The van der Waals surface area contributed by atoms with Gasteiger partial charge in [0.15, 0.2) is 31.3 Å². The van der Waals surface area contributed by atoms with Crippen molar-refractivity contribution >= 4 is 5.97 Å². The molecular weight excluding hydrogens is 989 g/mol. The summed E-state index contributed by atoms with van der Waals surface area (Å²) >= 11 is 0. The SMILES string of the molecule is C[C@@H]1O[C@@H](O[C@H]2[C@H](O[C@@H]3CC(C)(C)C[C@H]4C5=CC[C@@H]6[C@@]7(C)CC[C@H](O[C@@H]8O[C@H](C(=O)O)[C@@H](O)[C@H](O)[C@H]8O[C@@H]8O[C@H](CO)[C@H](O)[C@H](O)[C@H]8O)[C@@](C)(CO)[C@@H]7CC[C@@]6(C)[C@]5(C)CC[C@@]34C)OC[C@H](O)[C@@H]2O)[C@H](O)[C@H](O)[C@H]1O. The lowest BCUT2D eigenvalue weighted by Crippen LogP contribution is -2.68. The summed E-state index contributed by atoms with van der Waals surface area (Å²) in [4.78, 5) is 12.4. The van der Waals surface area contributed by atoms with E-state index in [1.165, 1.54) is 12.5 Å². The first-order valence-corrected chi connectivity index (χ1v) is 27.2. The Morgan fingerprint density at radius 2 is 1.24 bits per heavy atom. The molecule has 75 heavy (non-hydrogen) atoms. The Balaban J connectivity index is 0.963. The van der Waals surface area contributed by atoms with Gasteiger partial charge in [0.25, 0.3) is 0 Å². The summed E-state index contributed by atoms with van der Waals surface area (Å²) in [6.07, 6.45) is -22.5. The van der Waals surface area contributed by atoms with Gasteiger partial charge in [0.2, 0.25) is 0 Å². The molecule has 4 saturated heterocycles. The summed E-state index contributed by atoms with van der Waals surface area (Å²) in [6.45, 7) is 16.0. The molecule has 13 N–H and O–H groups in total. The van der Waals surface area contributed by atoms with E-state index in [0.29, 0.717) is 25.7 Å². The van der Waals surface area contributed by atoms with Crippen LogP contribution < -0.4 is 0 Å². The molecule has 29 atom stereocenters. The predicted molar refractivity (Wildman–Crippen MR) is 257 cm³/mol. The summed E-state index contributed by atoms with van der Waals surface area (Å²) in [5.41, 5.74) is -0.986. The average Bonchev–Trinajstić information content (AvgIpc) is 3.36. The van der Waals surface area contributed by atoms with Gasteiger partial charge in [-0.1, -0.05) is 60.1 Å². The number of fused-ring (bicyclic) bond motifs is 7. The van der Waals surface area contributed by atoms with Crippen molar-refractivity contribution < 1.29 is 109 Å². The van der Waals surface area contributed by atoms with Gasteiger partial charge in [-0.25, -0.2) is 4.79 Å². The van der Waals surface area contributed by atoms with Gasteiger partial charge in [-0.05, 0) is 104 Å². The summed E-state index contributed by atoms with van der Waals surface area (Å²) in [7, 11) is 0. The minimum atomic E-state index is -2.02. The van der Waals surface area contributed by atoms with E-state index >= 15 is 0 Å². The van der Waals surface area contributed by atoms with Gasteiger partial charge in [0.05, 0.1) is 38.1 Å². The van der Waals surface area contributed by atoms with Crippen molar-refractivity contribution in [3.8, 4) is 0 Å². The summed E-state index contributed by atoms with van der Waals surface area (Å²) < 4.78 is 49.0. The number of hydrogen-bond donors (Lipinski definition) is 13. The minimum Gasteiger partial charge on any atom is -0.479 e. The molecule has 0 radical (unpaired) electrons. The molecule has 0 spiro atoms. The van der Waals surface area contributed by atoms with Gasteiger partial charge < -0.3 is 104 Å². The van der Waals surface area contributed by atoms with Crippen molar-refractivity contribution in [1.82, 2.24) is 0 Å². The van der Waals surface area contributed by atoms with Crippen LogP contribution in [0.15, 0.2) is 11.6 Å². The second-order valence-corrected chi connectivity index (χ2v) is 26.0. The quantitative estimate of drug-likeness (QED) is 0.0887. The van der Waals surface area contributed by atoms with Crippen LogP contribution in [0.4, 0.5) is 0 Å². The standard InChI is InChI=1S/C53H86O22/c1-22-31(57)34(60)38(64)44(69-22)74-41-32(58)25(56)20-68-46(41)72-30-18-48(2,3)17-24-23-9-10-28-50(5)13-12-29(51(6,21-55)27(50)11-14-53(28,8)52(23,7)16-15-49(24,30)4)71-47-42(37(63)36(62)40(73-47)43(66)67)75-45-39(65)35(61)33(59)26(19-54)70-45/h9,22,24-42,44-47,54-65H,10-21H2,1-8H3,(H,66,67)/t22-,24-,25-,26+,27+,28+,29-,30+,31-,32-,33-,34+,35-,36-,37-,38+,39+,40-,41+,42+,44-,45-,46-,47+,49+,50-,51-,52+,53+/m0/s1. The fourth-order valence-electron chi connectivity index (χ4n) is 16.3. The van der Waals surface area contributed by atoms with E-state index in [1.54, 1.807) is 0 Å². The average molecular weight is 1080 g/mol. The molecular formula is C53H86O22. The van der Waals surface area contributed by atoms with Gasteiger partial charge in [0.1, 0.15) is 79.4 Å². The maximum atomic E-state index is 12.4. The van der Waals surface area contributed by atoms with Crippen molar-refractivity contribution in [3.63, 3.8) is 0 Å². The molecule has 0 aromatic carbocycles. The first-order valence-electron chi connectivity index (χ1n) is 27.2. The fraction of sp³-hybridized carbons (Fsp3) is 0.943. The summed E-state index contributed by atoms with van der Waals surface area (Å²) in [5.74, 6) is -1.48. The third kappa shape index (κ3) is 9.40. The molecule has 430 valence electrons.